The SMILES string of the molecule is COC(=O)c1ccc(CSc2csc(C(=O)O)c2)cc1. The van der Waals surface area contributed by atoms with Gasteiger partial charge in [-0.15, -0.1) is 23.1 Å². The van der Waals surface area contributed by atoms with Gasteiger partial charge in [-0.3, -0.25) is 0 Å². The summed E-state index contributed by atoms with van der Waals surface area (Å²) in [7, 11) is 1.35. The average Bonchev–Trinajstić information content (AvgIpc) is 2.94. The van der Waals surface area contributed by atoms with Crippen molar-refractivity contribution in [2.75, 3.05) is 7.11 Å². The number of carbonyl (C=O) groups excluding carboxylic acids is 1. The molecule has 0 aliphatic heterocycles. The van der Waals surface area contributed by atoms with Gasteiger partial charge in [-0.2, -0.15) is 0 Å². The number of hydrogen-bond acceptors (Lipinski definition) is 5. The molecule has 4 nitrogen and oxygen atoms in total. The number of carboxylic acids is 1. The van der Waals surface area contributed by atoms with Crippen molar-refractivity contribution < 1.29 is 19.4 Å². The van der Waals surface area contributed by atoms with Crippen LogP contribution >= 0.6 is 23.1 Å². The van der Waals surface area contributed by atoms with Gasteiger partial charge in [0.1, 0.15) is 4.88 Å². The van der Waals surface area contributed by atoms with E-state index in [-0.39, 0.29) is 5.97 Å². The first-order valence-electron chi connectivity index (χ1n) is 5.72. The Morgan fingerprint density at radius 3 is 2.55 bits per heavy atom. The van der Waals surface area contributed by atoms with Gasteiger partial charge in [0.2, 0.25) is 0 Å². The lowest BCUT2D eigenvalue weighted by Crippen LogP contribution is -2.00. The third kappa shape index (κ3) is 3.61. The first-order valence-corrected chi connectivity index (χ1v) is 7.58. The summed E-state index contributed by atoms with van der Waals surface area (Å²) >= 11 is 2.78. The van der Waals surface area contributed by atoms with E-state index in [1.807, 2.05) is 17.5 Å². The van der Waals surface area contributed by atoms with Crippen molar-refractivity contribution in [2.24, 2.45) is 0 Å². The Morgan fingerprint density at radius 2 is 2.00 bits per heavy atom. The molecule has 0 saturated carbocycles. The monoisotopic (exact) mass is 308 g/mol. The standard InChI is InChI=1S/C14H12O4S2/c1-18-14(17)10-4-2-9(3-5-10)7-19-11-6-12(13(15)16)20-8-11/h2-6,8H,7H2,1H3,(H,15,16). The van der Waals surface area contributed by atoms with E-state index < -0.39 is 5.97 Å². The number of esters is 1. The highest BCUT2D eigenvalue weighted by Crippen LogP contribution is 2.27. The second-order valence-electron chi connectivity index (χ2n) is 3.93. The van der Waals surface area contributed by atoms with Crippen LogP contribution in [0.15, 0.2) is 40.6 Å². The fourth-order valence-electron chi connectivity index (χ4n) is 1.53. The lowest BCUT2D eigenvalue weighted by atomic mass is 10.1. The van der Waals surface area contributed by atoms with Crippen LogP contribution in [0.2, 0.25) is 0 Å². The summed E-state index contributed by atoms with van der Waals surface area (Å²) in [5.41, 5.74) is 1.58. The summed E-state index contributed by atoms with van der Waals surface area (Å²) in [6.07, 6.45) is 0. The maximum absolute atomic E-state index is 11.3. The summed E-state index contributed by atoms with van der Waals surface area (Å²) in [5.74, 6) is -0.533. The van der Waals surface area contributed by atoms with Gasteiger partial charge in [0.15, 0.2) is 0 Å². The van der Waals surface area contributed by atoms with E-state index in [0.29, 0.717) is 10.4 Å². The molecule has 0 aliphatic carbocycles. The van der Waals surface area contributed by atoms with Crippen molar-refractivity contribution in [3.8, 4) is 0 Å². The zero-order chi connectivity index (χ0) is 14.5. The summed E-state index contributed by atoms with van der Waals surface area (Å²) in [4.78, 5) is 23.3. The first kappa shape index (κ1) is 14.6. The molecule has 20 heavy (non-hydrogen) atoms. The van der Waals surface area contributed by atoms with Gasteiger partial charge >= 0.3 is 11.9 Å². The molecule has 0 radical (unpaired) electrons. The van der Waals surface area contributed by atoms with Crippen molar-refractivity contribution in [3.63, 3.8) is 0 Å². The number of carboxylic acid groups (broad SMARTS) is 1. The minimum atomic E-state index is -0.899. The predicted molar refractivity (Wildman–Crippen MR) is 78.6 cm³/mol. The van der Waals surface area contributed by atoms with Crippen molar-refractivity contribution in [2.45, 2.75) is 10.6 Å². The van der Waals surface area contributed by atoms with Crippen molar-refractivity contribution in [1.29, 1.82) is 0 Å². The predicted octanol–water partition coefficient (Wildman–Crippen LogP) is 3.53. The van der Waals surface area contributed by atoms with Crippen molar-refractivity contribution in [3.05, 3.63) is 51.7 Å². The molecule has 0 unspecified atom stereocenters. The number of thioether (sulfide) groups is 1. The fourth-order valence-corrected chi connectivity index (χ4v) is 3.35. The molecule has 1 N–H and O–H groups in total. The average molecular weight is 308 g/mol. The quantitative estimate of drug-likeness (QED) is 0.676. The molecule has 1 heterocycles. The number of hydrogen-bond donors (Lipinski definition) is 1. The first-order chi connectivity index (χ1) is 9.60. The van der Waals surface area contributed by atoms with Crippen LogP contribution in [-0.4, -0.2) is 24.2 Å². The van der Waals surface area contributed by atoms with Crippen LogP contribution in [0.1, 0.15) is 25.6 Å². The molecule has 0 aliphatic rings. The van der Waals surface area contributed by atoms with Crippen LogP contribution in [0.5, 0.6) is 0 Å². The van der Waals surface area contributed by atoms with Crippen molar-refractivity contribution in [1.82, 2.24) is 0 Å². The maximum Gasteiger partial charge on any atom is 0.345 e. The van der Waals surface area contributed by atoms with E-state index in [1.165, 1.54) is 18.4 Å². The summed E-state index contributed by atoms with van der Waals surface area (Å²) in [6.45, 7) is 0. The van der Waals surface area contributed by atoms with Gasteiger partial charge in [0.05, 0.1) is 12.7 Å². The molecule has 0 amide bonds. The van der Waals surface area contributed by atoms with Crippen LogP contribution in [0.25, 0.3) is 0 Å². The van der Waals surface area contributed by atoms with Crippen LogP contribution in [0.3, 0.4) is 0 Å². The molecule has 0 fully saturated rings. The largest absolute Gasteiger partial charge is 0.477 e. The Balaban J connectivity index is 1.96. The minimum absolute atomic E-state index is 0.341. The lowest BCUT2D eigenvalue weighted by molar-refractivity contribution is 0.0600. The highest BCUT2D eigenvalue weighted by Gasteiger charge is 2.08. The van der Waals surface area contributed by atoms with E-state index in [2.05, 4.69) is 4.74 Å². The zero-order valence-electron chi connectivity index (χ0n) is 10.7. The van der Waals surface area contributed by atoms with Crippen molar-refractivity contribution >= 4 is 35.0 Å². The van der Waals surface area contributed by atoms with E-state index in [9.17, 15) is 9.59 Å². The molecule has 2 aromatic rings. The van der Waals surface area contributed by atoms with Gasteiger partial charge in [-0.05, 0) is 23.8 Å². The van der Waals surface area contributed by atoms with E-state index in [4.69, 9.17) is 5.11 Å². The summed E-state index contributed by atoms with van der Waals surface area (Å²) in [6, 6.07) is 8.84. The molecule has 2 rings (SSSR count). The number of benzene rings is 1. The normalized spacial score (nSPS) is 10.2. The molecular formula is C14H12O4S2. The van der Waals surface area contributed by atoms with Crippen LogP contribution in [-0.2, 0) is 10.5 Å². The van der Waals surface area contributed by atoms with Gasteiger partial charge < -0.3 is 9.84 Å². The van der Waals surface area contributed by atoms with Crippen LogP contribution in [0, 0.1) is 0 Å². The number of rotatable bonds is 5. The van der Waals surface area contributed by atoms with Gasteiger partial charge in [-0.25, -0.2) is 9.59 Å². The fraction of sp³-hybridized carbons (Fsp3) is 0.143. The zero-order valence-corrected chi connectivity index (χ0v) is 12.3. The molecular weight excluding hydrogens is 296 g/mol. The molecule has 0 spiro atoms. The van der Waals surface area contributed by atoms with E-state index in [1.54, 1.807) is 30.0 Å². The van der Waals surface area contributed by atoms with Crippen LogP contribution < -0.4 is 0 Å². The van der Waals surface area contributed by atoms with Gasteiger partial charge in [-0.1, -0.05) is 12.1 Å². The Hall–Kier alpha value is -1.79. The molecule has 6 heteroatoms. The third-order valence-electron chi connectivity index (χ3n) is 2.57. The highest BCUT2D eigenvalue weighted by molar-refractivity contribution is 7.98. The number of methoxy groups -OCH3 is 1. The lowest BCUT2D eigenvalue weighted by Gasteiger charge is -2.02. The van der Waals surface area contributed by atoms with Gasteiger partial charge in [0, 0.05) is 16.0 Å². The Kier molecular flexibility index (Phi) is 4.81. The molecule has 1 aromatic heterocycles. The Morgan fingerprint density at radius 1 is 1.30 bits per heavy atom. The summed E-state index contributed by atoms with van der Waals surface area (Å²) in [5, 5.41) is 10.7. The second kappa shape index (κ2) is 6.58. The number of aromatic carboxylic acids is 1. The molecule has 0 saturated heterocycles. The molecule has 0 bridgehead atoms. The minimum Gasteiger partial charge on any atom is -0.477 e. The molecule has 0 atom stereocenters. The second-order valence-corrected chi connectivity index (χ2v) is 5.89. The number of thiophene rings is 1. The highest BCUT2D eigenvalue weighted by atomic mass is 32.2. The Bertz CT molecular complexity index is 616. The maximum atomic E-state index is 11.3. The number of carbonyl (C=O) groups is 2. The third-order valence-corrected chi connectivity index (χ3v) is 4.68. The number of ether oxygens (including phenoxy) is 1. The van der Waals surface area contributed by atoms with E-state index in [0.717, 1.165) is 16.2 Å². The van der Waals surface area contributed by atoms with Crippen LogP contribution in [0.4, 0.5) is 0 Å². The molecule has 1 aromatic carbocycles. The smallest absolute Gasteiger partial charge is 0.345 e. The van der Waals surface area contributed by atoms with E-state index >= 15 is 0 Å². The Labute approximate surface area is 124 Å². The van der Waals surface area contributed by atoms with Gasteiger partial charge in [0.25, 0.3) is 0 Å². The topological polar surface area (TPSA) is 63.6 Å². The summed E-state index contributed by atoms with van der Waals surface area (Å²) < 4.78 is 4.63. The molecule has 104 valence electrons.